The van der Waals surface area contributed by atoms with Gasteiger partial charge in [0.05, 0.1) is 13.1 Å². The fourth-order valence-electron chi connectivity index (χ4n) is 2.36. The molecule has 2 aliphatic heterocycles. The van der Waals surface area contributed by atoms with E-state index in [0.29, 0.717) is 13.0 Å². The zero-order valence-electron chi connectivity index (χ0n) is 11.3. The minimum absolute atomic E-state index is 0.0360. The van der Waals surface area contributed by atoms with Crippen molar-refractivity contribution < 1.29 is 14.4 Å². The number of urea groups is 1. The van der Waals surface area contributed by atoms with Crippen LogP contribution in [0.25, 0.3) is 0 Å². The number of carbonyl (C=O) groups is 3. The second-order valence-electron chi connectivity index (χ2n) is 5.25. The van der Waals surface area contributed by atoms with Gasteiger partial charge in [0.15, 0.2) is 0 Å². The zero-order valence-corrected chi connectivity index (χ0v) is 11.3. The summed E-state index contributed by atoms with van der Waals surface area (Å²) in [7, 11) is 0. The molecule has 0 aromatic heterocycles. The van der Waals surface area contributed by atoms with Crippen molar-refractivity contribution >= 4 is 17.8 Å². The van der Waals surface area contributed by atoms with Crippen LogP contribution in [0.1, 0.15) is 26.7 Å². The standard InChI is InChI=1S/C12H20N4O3/c1-3-8(2)13-6-9(17)16-5-4-12(7-16)10(18)14-11(19)15-12/h8,13H,3-7H2,1-2H3,(H2,14,15,18,19). The summed E-state index contributed by atoms with van der Waals surface area (Å²) in [4.78, 5) is 36.6. The molecule has 0 aromatic rings. The second-order valence-corrected chi connectivity index (χ2v) is 5.25. The van der Waals surface area contributed by atoms with Crippen LogP contribution in [0.3, 0.4) is 0 Å². The van der Waals surface area contributed by atoms with E-state index < -0.39 is 11.6 Å². The van der Waals surface area contributed by atoms with Crippen LogP contribution in [0.5, 0.6) is 0 Å². The summed E-state index contributed by atoms with van der Waals surface area (Å²) in [6.07, 6.45) is 1.43. The van der Waals surface area contributed by atoms with Crippen molar-refractivity contribution in [3.05, 3.63) is 0 Å². The highest BCUT2D eigenvalue weighted by molar-refractivity contribution is 6.07. The molecule has 2 heterocycles. The highest BCUT2D eigenvalue weighted by Gasteiger charge is 2.51. The van der Waals surface area contributed by atoms with Gasteiger partial charge in [-0.15, -0.1) is 0 Å². The van der Waals surface area contributed by atoms with E-state index in [2.05, 4.69) is 16.0 Å². The Morgan fingerprint density at radius 1 is 1.53 bits per heavy atom. The summed E-state index contributed by atoms with van der Waals surface area (Å²) in [5.74, 6) is -0.367. The topological polar surface area (TPSA) is 90.5 Å². The van der Waals surface area contributed by atoms with Crippen molar-refractivity contribution in [3.8, 4) is 0 Å². The number of likely N-dealkylation sites (tertiary alicyclic amines) is 1. The lowest BCUT2D eigenvalue weighted by molar-refractivity contribution is -0.130. The summed E-state index contributed by atoms with van der Waals surface area (Å²) in [5, 5.41) is 7.98. The van der Waals surface area contributed by atoms with Gasteiger partial charge in [-0.2, -0.15) is 0 Å². The number of imide groups is 1. The minimum atomic E-state index is -0.914. The number of hydrogen-bond donors (Lipinski definition) is 3. The lowest BCUT2D eigenvalue weighted by atomic mass is 10.00. The third-order valence-electron chi connectivity index (χ3n) is 3.85. The largest absolute Gasteiger partial charge is 0.339 e. The molecular weight excluding hydrogens is 248 g/mol. The van der Waals surface area contributed by atoms with Crippen LogP contribution in [0.2, 0.25) is 0 Å². The van der Waals surface area contributed by atoms with E-state index in [1.54, 1.807) is 4.90 Å². The van der Waals surface area contributed by atoms with Crippen LogP contribution >= 0.6 is 0 Å². The van der Waals surface area contributed by atoms with Gasteiger partial charge in [-0.25, -0.2) is 4.79 Å². The SMILES string of the molecule is CCC(C)NCC(=O)N1CCC2(C1)NC(=O)NC2=O. The molecule has 2 rings (SSSR count). The molecule has 0 aromatic carbocycles. The minimum Gasteiger partial charge on any atom is -0.339 e. The molecule has 19 heavy (non-hydrogen) atoms. The van der Waals surface area contributed by atoms with Crippen molar-refractivity contribution in [1.29, 1.82) is 0 Å². The van der Waals surface area contributed by atoms with Gasteiger partial charge < -0.3 is 15.5 Å². The molecule has 2 unspecified atom stereocenters. The van der Waals surface area contributed by atoms with Crippen LogP contribution < -0.4 is 16.0 Å². The number of rotatable bonds is 4. The molecule has 2 saturated heterocycles. The van der Waals surface area contributed by atoms with E-state index in [-0.39, 0.29) is 30.9 Å². The fourth-order valence-corrected chi connectivity index (χ4v) is 2.36. The van der Waals surface area contributed by atoms with E-state index in [4.69, 9.17) is 0 Å². The molecule has 2 fully saturated rings. The van der Waals surface area contributed by atoms with Crippen LogP contribution in [-0.2, 0) is 9.59 Å². The molecule has 4 amide bonds. The Morgan fingerprint density at radius 2 is 2.26 bits per heavy atom. The zero-order chi connectivity index (χ0) is 14.0. The first kappa shape index (κ1) is 13.8. The van der Waals surface area contributed by atoms with Crippen molar-refractivity contribution in [1.82, 2.24) is 20.9 Å². The third kappa shape index (κ3) is 2.70. The van der Waals surface area contributed by atoms with Crippen LogP contribution in [-0.4, -0.2) is 54.0 Å². The summed E-state index contributed by atoms with van der Waals surface area (Å²) >= 11 is 0. The van der Waals surface area contributed by atoms with Gasteiger partial charge in [0.2, 0.25) is 5.91 Å². The normalized spacial score (nSPS) is 27.6. The van der Waals surface area contributed by atoms with Gasteiger partial charge in [-0.3, -0.25) is 14.9 Å². The first-order valence-corrected chi connectivity index (χ1v) is 6.61. The Hall–Kier alpha value is -1.63. The lowest BCUT2D eigenvalue weighted by Crippen LogP contribution is -2.50. The Labute approximate surface area is 112 Å². The van der Waals surface area contributed by atoms with Crippen molar-refractivity contribution in [2.45, 2.75) is 38.3 Å². The first-order chi connectivity index (χ1) is 8.97. The third-order valence-corrected chi connectivity index (χ3v) is 3.85. The van der Waals surface area contributed by atoms with Gasteiger partial charge >= 0.3 is 6.03 Å². The van der Waals surface area contributed by atoms with Gasteiger partial charge in [0.1, 0.15) is 5.54 Å². The Bertz CT molecular complexity index is 412. The maximum absolute atomic E-state index is 12.0. The molecular formula is C12H20N4O3. The summed E-state index contributed by atoms with van der Waals surface area (Å²) in [5.41, 5.74) is -0.914. The van der Waals surface area contributed by atoms with Crippen molar-refractivity contribution in [3.63, 3.8) is 0 Å². The molecule has 2 aliphatic rings. The summed E-state index contributed by atoms with van der Waals surface area (Å²) in [6, 6.07) is -0.188. The first-order valence-electron chi connectivity index (χ1n) is 6.61. The Morgan fingerprint density at radius 3 is 2.84 bits per heavy atom. The number of amides is 4. The number of nitrogens with zero attached hydrogens (tertiary/aromatic N) is 1. The Balaban J connectivity index is 1.90. The smallest absolute Gasteiger partial charge is 0.322 e. The van der Waals surface area contributed by atoms with E-state index in [9.17, 15) is 14.4 Å². The van der Waals surface area contributed by atoms with Crippen molar-refractivity contribution in [2.24, 2.45) is 0 Å². The molecule has 0 bridgehead atoms. The van der Waals surface area contributed by atoms with Crippen molar-refractivity contribution in [2.75, 3.05) is 19.6 Å². The molecule has 0 saturated carbocycles. The second kappa shape index (κ2) is 5.16. The quantitative estimate of drug-likeness (QED) is 0.581. The number of hydrogen-bond acceptors (Lipinski definition) is 4. The molecule has 1 spiro atoms. The van der Waals surface area contributed by atoms with E-state index >= 15 is 0 Å². The predicted octanol–water partition coefficient (Wildman–Crippen LogP) is -0.815. The lowest BCUT2D eigenvalue weighted by Gasteiger charge is -2.21. The number of nitrogens with one attached hydrogen (secondary N) is 3. The average Bonchev–Trinajstić information content (AvgIpc) is 2.91. The average molecular weight is 268 g/mol. The molecule has 3 N–H and O–H groups in total. The molecule has 7 heteroatoms. The van der Waals surface area contributed by atoms with E-state index in [0.717, 1.165) is 6.42 Å². The molecule has 2 atom stereocenters. The number of carbonyl (C=O) groups excluding carboxylic acids is 3. The highest BCUT2D eigenvalue weighted by atomic mass is 16.2. The monoisotopic (exact) mass is 268 g/mol. The fraction of sp³-hybridized carbons (Fsp3) is 0.750. The maximum atomic E-state index is 12.0. The molecule has 7 nitrogen and oxygen atoms in total. The van der Waals surface area contributed by atoms with Gasteiger partial charge in [0, 0.05) is 12.6 Å². The van der Waals surface area contributed by atoms with Gasteiger partial charge in [-0.05, 0) is 19.8 Å². The predicted molar refractivity (Wildman–Crippen MR) is 68.4 cm³/mol. The van der Waals surface area contributed by atoms with Crippen LogP contribution in [0.15, 0.2) is 0 Å². The molecule has 0 radical (unpaired) electrons. The highest BCUT2D eigenvalue weighted by Crippen LogP contribution is 2.24. The van der Waals surface area contributed by atoms with Gasteiger partial charge in [0.25, 0.3) is 5.91 Å². The summed E-state index contributed by atoms with van der Waals surface area (Å²) < 4.78 is 0. The Kier molecular flexibility index (Phi) is 3.75. The van der Waals surface area contributed by atoms with E-state index in [1.165, 1.54) is 0 Å². The molecule has 0 aliphatic carbocycles. The summed E-state index contributed by atoms with van der Waals surface area (Å²) in [6.45, 7) is 5.08. The van der Waals surface area contributed by atoms with Crippen LogP contribution in [0, 0.1) is 0 Å². The van der Waals surface area contributed by atoms with Crippen LogP contribution in [0.4, 0.5) is 4.79 Å². The molecule has 106 valence electrons. The van der Waals surface area contributed by atoms with Gasteiger partial charge in [-0.1, -0.05) is 6.92 Å². The maximum Gasteiger partial charge on any atom is 0.322 e. The van der Waals surface area contributed by atoms with E-state index in [1.807, 2.05) is 13.8 Å².